The van der Waals surface area contributed by atoms with E-state index in [2.05, 4.69) is 0 Å². The fourth-order valence-corrected chi connectivity index (χ4v) is 3.74. The van der Waals surface area contributed by atoms with Crippen LogP contribution in [0.25, 0.3) is 0 Å². The maximum Gasteiger partial charge on any atom is 0.243 e. The van der Waals surface area contributed by atoms with E-state index in [0.717, 1.165) is 17.7 Å². The van der Waals surface area contributed by atoms with Gasteiger partial charge in [0.2, 0.25) is 10.0 Å². The Labute approximate surface area is 120 Å². The second kappa shape index (κ2) is 6.63. The molecule has 1 rings (SSSR count). The highest BCUT2D eigenvalue weighted by atomic mass is 32.2. The number of aryl methyl sites for hydroxylation is 1. The molecule has 2 N–H and O–H groups in total. The molecule has 0 aliphatic heterocycles. The van der Waals surface area contributed by atoms with Gasteiger partial charge in [-0.2, -0.15) is 16.1 Å². The number of nitrogens with two attached hydrogens (primary N) is 1. The number of sulfonamides is 1. The Morgan fingerprint density at radius 1 is 1.42 bits per heavy atom. The second-order valence-electron chi connectivity index (χ2n) is 4.67. The zero-order valence-corrected chi connectivity index (χ0v) is 13.5. The Kier molecular flexibility index (Phi) is 5.70. The molecule has 4 nitrogen and oxygen atoms in total. The quantitative estimate of drug-likeness (QED) is 0.819. The maximum atomic E-state index is 12.5. The van der Waals surface area contributed by atoms with Crippen molar-refractivity contribution in [2.75, 3.05) is 24.8 Å². The van der Waals surface area contributed by atoms with Crippen molar-refractivity contribution in [3.8, 4) is 0 Å². The Balaban J connectivity index is 2.99. The summed E-state index contributed by atoms with van der Waals surface area (Å²) in [4.78, 5) is 0.303. The molecule has 0 heterocycles. The van der Waals surface area contributed by atoms with Crippen molar-refractivity contribution in [3.05, 3.63) is 23.8 Å². The van der Waals surface area contributed by atoms with E-state index in [1.807, 2.05) is 20.1 Å². The van der Waals surface area contributed by atoms with Gasteiger partial charge in [0, 0.05) is 18.8 Å². The molecule has 0 aliphatic rings. The molecule has 0 fully saturated rings. The van der Waals surface area contributed by atoms with E-state index in [1.165, 1.54) is 4.31 Å². The number of hydrogen-bond donors (Lipinski definition) is 1. The van der Waals surface area contributed by atoms with Gasteiger partial charge in [-0.3, -0.25) is 0 Å². The first-order valence-electron chi connectivity index (χ1n) is 6.13. The Morgan fingerprint density at radius 2 is 2.05 bits per heavy atom. The van der Waals surface area contributed by atoms with E-state index in [1.54, 1.807) is 37.0 Å². The van der Waals surface area contributed by atoms with Crippen LogP contribution in [-0.4, -0.2) is 37.8 Å². The zero-order chi connectivity index (χ0) is 14.6. The maximum absolute atomic E-state index is 12.5. The van der Waals surface area contributed by atoms with Crippen LogP contribution in [0.3, 0.4) is 0 Å². The van der Waals surface area contributed by atoms with Crippen LogP contribution in [0.15, 0.2) is 23.1 Å². The van der Waals surface area contributed by atoms with Gasteiger partial charge in [-0.1, -0.05) is 0 Å². The number of nitrogens with zero attached hydrogens (tertiary/aromatic N) is 1. The van der Waals surface area contributed by atoms with E-state index in [-0.39, 0.29) is 6.04 Å². The average molecular weight is 302 g/mol. The van der Waals surface area contributed by atoms with Gasteiger partial charge < -0.3 is 5.73 Å². The minimum Gasteiger partial charge on any atom is -0.399 e. The summed E-state index contributed by atoms with van der Waals surface area (Å²) in [7, 11) is -1.81. The Bertz CT molecular complexity index is 529. The first kappa shape index (κ1) is 16.3. The molecule has 1 unspecified atom stereocenters. The van der Waals surface area contributed by atoms with Crippen molar-refractivity contribution in [1.82, 2.24) is 4.31 Å². The van der Waals surface area contributed by atoms with Crippen LogP contribution in [0.5, 0.6) is 0 Å². The summed E-state index contributed by atoms with van der Waals surface area (Å²) in [5, 5.41) is 0. The molecule has 0 bridgehead atoms. The Hall–Kier alpha value is -0.720. The standard InChI is InChI=1S/C13H22N2O2S2/c1-10-9-12(5-6-13(10)14)19(16,17)15(3)11(2)7-8-18-4/h5-6,9,11H,7-8,14H2,1-4H3. The van der Waals surface area contributed by atoms with Crippen molar-refractivity contribution < 1.29 is 8.42 Å². The molecular formula is C13H22N2O2S2. The molecular weight excluding hydrogens is 280 g/mol. The summed E-state index contributed by atoms with van der Waals surface area (Å²) in [5.74, 6) is 0.946. The molecule has 0 aliphatic carbocycles. The molecule has 19 heavy (non-hydrogen) atoms. The van der Waals surface area contributed by atoms with E-state index >= 15 is 0 Å². The minimum atomic E-state index is -3.44. The summed E-state index contributed by atoms with van der Waals surface area (Å²) >= 11 is 1.72. The van der Waals surface area contributed by atoms with Crippen LogP contribution in [-0.2, 0) is 10.0 Å². The predicted octanol–water partition coefficient (Wildman–Crippen LogP) is 2.34. The average Bonchev–Trinajstić information content (AvgIpc) is 2.37. The largest absolute Gasteiger partial charge is 0.399 e. The lowest BCUT2D eigenvalue weighted by atomic mass is 10.2. The number of rotatable bonds is 6. The van der Waals surface area contributed by atoms with Gasteiger partial charge in [-0.25, -0.2) is 8.42 Å². The SMILES string of the molecule is CSCCC(C)N(C)S(=O)(=O)c1ccc(N)c(C)c1. The first-order valence-corrected chi connectivity index (χ1v) is 8.97. The third-order valence-electron chi connectivity index (χ3n) is 3.28. The molecule has 0 radical (unpaired) electrons. The molecule has 1 aromatic carbocycles. The lowest BCUT2D eigenvalue weighted by Gasteiger charge is -2.24. The number of hydrogen-bond acceptors (Lipinski definition) is 4. The predicted molar refractivity (Wildman–Crippen MR) is 83.0 cm³/mol. The zero-order valence-electron chi connectivity index (χ0n) is 11.9. The first-order chi connectivity index (χ1) is 8.80. The lowest BCUT2D eigenvalue weighted by Crippen LogP contribution is -2.35. The molecule has 108 valence electrons. The van der Waals surface area contributed by atoms with Gasteiger partial charge in [-0.05, 0) is 56.0 Å². The highest BCUT2D eigenvalue weighted by molar-refractivity contribution is 7.98. The summed E-state index contributed by atoms with van der Waals surface area (Å²) in [6, 6.07) is 4.82. The van der Waals surface area contributed by atoms with Crippen LogP contribution in [0.1, 0.15) is 18.9 Å². The number of benzene rings is 1. The van der Waals surface area contributed by atoms with Gasteiger partial charge in [0.25, 0.3) is 0 Å². The molecule has 6 heteroatoms. The minimum absolute atomic E-state index is 0.0182. The molecule has 1 atom stereocenters. The van der Waals surface area contributed by atoms with Gasteiger partial charge in [0.15, 0.2) is 0 Å². The molecule has 0 saturated heterocycles. The van der Waals surface area contributed by atoms with Crippen molar-refractivity contribution in [3.63, 3.8) is 0 Å². The fourth-order valence-electron chi connectivity index (χ4n) is 1.68. The van der Waals surface area contributed by atoms with Gasteiger partial charge in [-0.15, -0.1) is 0 Å². The van der Waals surface area contributed by atoms with Crippen LogP contribution < -0.4 is 5.73 Å². The summed E-state index contributed by atoms with van der Waals surface area (Å²) < 4.78 is 26.4. The van der Waals surface area contributed by atoms with E-state index < -0.39 is 10.0 Å². The molecule has 1 aromatic rings. The van der Waals surface area contributed by atoms with Crippen LogP contribution >= 0.6 is 11.8 Å². The van der Waals surface area contributed by atoms with Gasteiger partial charge in [0.05, 0.1) is 4.90 Å². The summed E-state index contributed by atoms with van der Waals surface area (Å²) in [6.07, 6.45) is 2.86. The van der Waals surface area contributed by atoms with E-state index in [4.69, 9.17) is 5.73 Å². The molecule has 0 aromatic heterocycles. The lowest BCUT2D eigenvalue weighted by molar-refractivity contribution is 0.382. The Morgan fingerprint density at radius 3 is 2.58 bits per heavy atom. The summed E-state index contributed by atoms with van der Waals surface area (Å²) in [6.45, 7) is 3.74. The third-order valence-corrected chi connectivity index (χ3v) is 5.89. The molecule has 0 saturated carbocycles. The normalized spacial score (nSPS) is 13.7. The topological polar surface area (TPSA) is 63.4 Å². The van der Waals surface area contributed by atoms with Crippen molar-refractivity contribution in [2.45, 2.75) is 31.2 Å². The van der Waals surface area contributed by atoms with Crippen molar-refractivity contribution in [1.29, 1.82) is 0 Å². The summed E-state index contributed by atoms with van der Waals surface area (Å²) in [5.41, 5.74) is 7.11. The third kappa shape index (κ3) is 3.87. The van der Waals surface area contributed by atoms with Gasteiger partial charge >= 0.3 is 0 Å². The van der Waals surface area contributed by atoms with Crippen LogP contribution in [0.2, 0.25) is 0 Å². The van der Waals surface area contributed by atoms with Gasteiger partial charge in [0.1, 0.15) is 0 Å². The van der Waals surface area contributed by atoms with E-state index in [0.29, 0.717) is 10.6 Å². The second-order valence-corrected chi connectivity index (χ2v) is 7.65. The fraction of sp³-hybridized carbons (Fsp3) is 0.538. The number of thioether (sulfide) groups is 1. The molecule has 0 spiro atoms. The van der Waals surface area contributed by atoms with Crippen molar-refractivity contribution in [2.24, 2.45) is 0 Å². The monoisotopic (exact) mass is 302 g/mol. The number of anilines is 1. The van der Waals surface area contributed by atoms with Crippen LogP contribution in [0, 0.1) is 6.92 Å². The highest BCUT2D eigenvalue weighted by Gasteiger charge is 2.25. The molecule has 0 amide bonds. The van der Waals surface area contributed by atoms with Crippen LogP contribution in [0.4, 0.5) is 5.69 Å². The number of nitrogen functional groups attached to an aromatic ring is 1. The highest BCUT2D eigenvalue weighted by Crippen LogP contribution is 2.22. The smallest absolute Gasteiger partial charge is 0.243 e. The van der Waals surface area contributed by atoms with E-state index in [9.17, 15) is 8.42 Å². The van der Waals surface area contributed by atoms with Crippen molar-refractivity contribution >= 4 is 27.5 Å².